The number of carbonyl (C=O) groups is 1. The molecule has 0 unspecified atom stereocenters. The highest BCUT2D eigenvalue weighted by molar-refractivity contribution is 6.11. The van der Waals surface area contributed by atoms with E-state index in [9.17, 15) is 14.7 Å². The molecule has 5 heteroatoms. The molecule has 1 N–H and O–H groups in total. The Morgan fingerprint density at radius 2 is 1.87 bits per heavy atom. The van der Waals surface area contributed by atoms with Gasteiger partial charge in [0, 0.05) is 23.6 Å². The van der Waals surface area contributed by atoms with Gasteiger partial charge in [0.2, 0.25) is 0 Å². The van der Waals surface area contributed by atoms with E-state index in [0.717, 1.165) is 11.1 Å². The van der Waals surface area contributed by atoms with Crippen LogP contribution in [-0.4, -0.2) is 18.0 Å². The first-order valence-electron chi connectivity index (χ1n) is 10.4. The van der Waals surface area contributed by atoms with Gasteiger partial charge in [0.05, 0.1) is 12.5 Å². The molecular formula is C26H28O5. The van der Waals surface area contributed by atoms with Crippen LogP contribution >= 0.6 is 0 Å². The number of ketones is 1. The van der Waals surface area contributed by atoms with Crippen molar-refractivity contribution in [2.24, 2.45) is 5.92 Å². The quantitative estimate of drug-likeness (QED) is 0.292. The molecule has 0 aliphatic rings. The summed E-state index contributed by atoms with van der Waals surface area (Å²) in [7, 11) is 1.45. The minimum atomic E-state index is -0.535. The van der Waals surface area contributed by atoms with Gasteiger partial charge in [-0.1, -0.05) is 55.8 Å². The number of fused-ring (bicyclic) bond motifs is 1. The van der Waals surface area contributed by atoms with Gasteiger partial charge in [0.25, 0.3) is 0 Å². The Morgan fingerprint density at radius 3 is 2.45 bits per heavy atom. The zero-order valence-electron chi connectivity index (χ0n) is 18.6. The van der Waals surface area contributed by atoms with Gasteiger partial charge < -0.3 is 14.3 Å². The van der Waals surface area contributed by atoms with Gasteiger partial charge in [-0.15, -0.1) is 0 Å². The average molecular weight is 421 g/mol. The van der Waals surface area contributed by atoms with Crippen LogP contribution in [0.25, 0.3) is 22.1 Å². The zero-order chi connectivity index (χ0) is 22.7. The Hall–Kier alpha value is -3.34. The summed E-state index contributed by atoms with van der Waals surface area (Å²) in [5.74, 6) is -0.0756. The molecule has 5 nitrogen and oxygen atoms in total. The van der Waals surface area contributed by atoms with E-state index in [4.69, 9.17) is 9.15 Å². The van der Waals surface area contributed by atoms with Crippen molar-refractivity contribution >= 4 is 16.8 Å². The first kappa shape index (κ1) is 22.3. The van der Waals surface area contributed by atoms with Crippen molar-refractivity contribution in [3.8, 4) is 22.6 Å². The van der Waals surface area contributed by atoms with Crippen molar-refractivity contribution in [2.45, 2.75) is 40.5 Å². The smallest absolute Gasteiger partial charge is 0.336 e. The maximum atomic E-state index is 13.2. The van der Waals surface area contributed by atoms with Gasteiger partial charge in [-0.2, -0.15) is 0 Å². The number of phenolic OH excluding ortho intramolecular Hbond substituents is 1. The van der Waals surface area contributed by atoms with Gasteiger partial charge in [-0.05, 0) is 31.7 Å². The molecule has 0 amide bonds. The van der Waals surface area contributed by atoms with Crippen LogP contribution in [0.15, 0.2) is 57.3 Å². The molecule has 0 saturated carbocycles. The van der Waals surface area contributed by atoms with Crippen LogP contribution in [0.2, 0.25) is 0 Å². The van der Waals surface area contributed by atoms with Crippen LogP contribution in [-0.2, 0) is 6.42 Å². The molecular weight excluding hydrogens is 392 g/mol. The number of methoxy groups -OCH3 is 1. The summed E-state index contributed by atoms with van der Waals surface area (Å²) in [6.07, 6.45) is 2.50. The van der Waals surface area contributed by atoms with E-state index in [1.807, 2.05) is 64.1 Å². The fourth-order valence-corrected chi connectivity index (χ4v) is 3.70. The maximum Gasteiger partial charge on any atom is 0.336 e. The lowest BCUT2D eigenvalue weighted by Gasteiger charge is -2.19. The molecule has 1 aromatic heterocycles. The molecule has 3 rings (SSSR count). The molecule has 162 valence electrons. The standard InChI is InChI=1S/C26H28O5/c1-15(2)11-12-18-24(29)23(20(27)13-16(3)4)26(30-5)22-19(14-21(28)31-25(18)22)17-9-7-6-8-10-17/h6-11,14,16,29H,12-13H2,1-5H3. The second kappa shape index (κ2) is 9.21. The Bertz CT molecular complexity index is 1200. The number of benzene rings is 2. The predicted molar refractivity (Wildman–Crippen MR) is 123 cm³/mol. The van der Waals surface area contributed by atoms with Crippen molar-refractivity contribution in [3.63, 3.8) is 0 Å². The number of hydrogen-bond acceptors (Lipinski definition) is 5. The molecule has 0 aliphatic carbocycles. The number of aromatic hydroxyl groups is 1. The number of allylic oxidation sites excluding steroid dienone is 2. The van der Waals surface area contributed by atoms with Crippen LogP contribution in [0.5, 0.6) is 11.5 Å². The third-order valence-electron chi connectivity index (χ3n) is 5.09. The van der Waals surface area contributed by atoms with Gasteiger partial charge in [0.1, 0.15) is 22.6 Å². The highest BCUT2D eigenvalue weighted by Gasteiger charge is 2.28. The highest BCUT2D eigenvalue weighted by Crippen LogP contribution is 2.45. The molecule has 0 radical (unpaired) electrons. The van der Waals surface area contributed by atoms with Crippen LogP contribution in [0.3, 0.4) is 0 Å². The van der Waals surface area contributed by atoms with E-state index in [2.05, 4.69) is 0 Å². The van der Waals surface area contributed by atoms with E-state index in [-0.39, 0.29) is 40.8 Å². The molecule has 0 bridgehead atoms. The van der Waals surface area contributed by atoms with Crippen LogP contribution in [0.1, 0.15) is 50.0 Å². The fourth-order valence-electron chi connectivity index (χ4n) is 3.70. The molecule has 0 saturated heterocycles. The highest BCUT2D eigenvalue weighted by atomic mass is 16.5. The van der Waals surface area contributed by atoms with E-state index in [0.29, 0.717) is 22.9 Å². The molecule has 0 fully saturated rings. The maximum absolute atomic E-state index is 13.2. The Morgan fingerprint density at radius 1 is 1.19 bits per heavy atom. The third kappa shape index (κ3) is 4.55. The minimum Gasteiger partial charge on any atom is -0.507 e. The molecule has 0 spiro atoms. The van der Waals surface area contributed by atoms with E-state index < -0.39 is 5.63 Å². The summed E-state index contributed by atoms with van der Waals surface area (Å²) in [5.41, 5.74) is 2.67. The van der Waals surface area contributed by atoms with Crippen molar-refractivity contribution in [3.05, 3.63) is 69.6 Å². The van der Waals surface area contributed by atoms with Crippen molar-refractivity contribution in [1.82, 2.24) is 0 Å². The minimum absolute atomic E-state index is 0.107. The first-order valence-corrected chi connectivity index (χ1v) is 10.4. The summed E-state index contributed by atoms with van der Waals surface area (Å²) in [5, 5.41) is 11.7. The monoisotopic (exact) mass is 420 g/mol. The lowest BCUT2D eigenvalue weighted by atomic mass is 9.91. The summed E-state index contributed by atoms with van der Waals surface area (Å²) in [6, 6.07) is 10.8. The first-order chi connectivity index (χ1) is 14.7. The van der Waals surface area contributed by atoms with Crippen LogP contribution in [0.4, 0.5) is 0 Å². The third-order valence-corrected chi connectivity index (χ3v) is 5.09. The molecule has 31 heavy (non-hydrogen) atoms. The summed E-state index contributed by atoms with van der Waals surface area (Å²) >= 11 is 0. The molecule has 0 aliphatic heterocycles. The Kier molecular flexibility index (Phi) is 6.64. The average Bonchev–Trinajstić information content (AvgIpc) is 2.71. The summed E-state index contributed by atoms with van der Waals surface area (Å²) in [4.78, 5) is 25.6. The SMILES string of the molecule is COc1c(C(=O)CC(C)C)c(O)c(CC=C(C)C)c2oc(=O)cc(-c3ccccc3)c12. The fraction of sp³-hybridized carbons (Fsp3) is 0.308. The molecule has 2 aromatic carbocycles. The van der Waals surface area contributed by atoms with E-state index in [1.165, 1.54) is 13.2 Å². The van der Waals surface area contributed by atoms with Gasteiger partial charge in [0.15, 0.2) is 5.78 Å². The Balaban J connectivity index is 2.51. The lowest BCUT2D eigenvalue weighted by molar-refractivity contribution is 0.0962. The van der Waals surface area contributed by atoms with Gasteiger partial charge in [-0.3, -0.25) is 4.79 Å². The van der Waals surface area contributed by atoms with Crippen LogP contribution < -0.4 is 10.4 Å². The molecule has 1 heterocycles. The Labute approximate surface area is 182 Å². The van der Waals surface area contributed by atoms with Gasteiger partial charge in [-0.25, -0.2) is 4.79 Å². The topological polar surface area (TPSA) is 76.7 Å². The number of rotatable bonds is 7. The van der Waals surface area contributed by atoms with Crippen LogP contribution in [0, 0.1) is 5.92 Å². The number of carbonyl (C=O) groups excluding carboxylic acids is 1. The van der Waals surface area contributed by atoms with E-state index in [1.54, 1.807) is 0 Å². The second-order valence-corrected chi connectivity index (χ2v) is 8.29. The number of hydrogen-bond donors (Lipinski definition) is 1. The lowest BCUT2D eigenvalue weighted by Crippen LogP contribution is -2.10. The number of Topliss-reactive ketones (excluding diaryl/α,β-unsaturated/α-hetero) is 1. The van der Waals surface area contributed by atoms with Gasteiger partial charge >= 0.3 is 5.63 Å². The second-order valence-electron chi connectivity index (χ2n) is 8.29. The largest absolute Gasteiger partial charge is 0.507 e. The zero-order valence-corrected chi connectivity index (χ0v) is 18.6. The predicted octanol–water partition coefficient (Wildman–Crippen LogP) is 5.91. The number of phenols is 1. The van der Waals surface area contributed by atoms with Crippen molar-refractivity contribution in [2.75, 3.05) is 7.11 Å². The van der Waals surface area contributed by atoms with Crippen molar-refractivity contribution < 1.29 is 19.1 Å². The summed E-state index contributed by atoms with van der Waals surface area (Å²) in [6.45, 7) is 7.78. The molecule has 3 aromatic rings. The molecule has 0 atom stereocenters. The van der Waals surface area contributed by atoms with Crippen molar-refractivity contribution in [1.29, 1.82) is 0 Å². The van der Waals surface area contributed by atoms with E-state index >= 15 is 0 Å². The normalized spacial score (nSPS) is 11.0. The summed E-state index contributed by atoms with van der Waals surface area (Å²) < 4.78 is 11.3. The number of ether oxygens (including phenoxy) is 1.